The largest absolute Gasteiger partial charge is 0.419 e. The van der Waals surface area contributed by atoms with Crippen LogP contribution >= 0.6 is 0 Å². The van der Waals surface area contributed by atoms with Gasteiger partial charge in [-0.1, -0.05) is 0 Å². The van der Waals surface area contributed by atoms with Crippen LogP contribution in [0, 0.1) is 0 Å². The molecule has 0 atom stereocenters. The van der Waals surface area contributed by atoms with Crippen molar-refractivity contribution in [3.63, 3.8) is 0 Å². The summed E-state index contributed by atoms with van der Waals surface area (Å²) in [4.78, 5) is 33.3. The minimum absolute atomic E-state index is 0.00105. The first-order valence-electron chi connectivity index (χ1n) is 6.97. The fraction of sp³-hybridized carbons (Fsp3) is 0.538. The molecule has 1 aromatic heterocycles. The van der Waals surface area contributed by atoms with E-state index in [0.29, 0.717) is 26.2 Å². The Bertz CT molecular complexity index is 568. The molecule has 0 saturated carbocycles. The van der Waals surface area contributed by atoms with E-state index < -0.39 is 17.6 Å². The van der Waals surface area contributed by atoms with Gasteiger partial charge in [0.05, 0.1) is 5.56 Å². The second-order valence-electron chi connectivity index (χ2n) is 5.10. The van der Waals surface area contributed by atoms with Crippen LogP contribution in [0.2, 0.25) is 0 Å². The average molecular weight is 331 g/mol. The van der Waals surface area contributed by atoms with Gasteiger partial charge >= 0.3 is 6.18 Å². The summed E-state index contributed by atoms with van der Waals surface area (Å²) in [5, 5.41) is 0. The minimum atomic E-state index is -4.47. The summed E-state index contributed by atoms with van der Waals surface area (Å²) in [5.41, 5.74) is 4.10. The Morgan fingerprint density at radius 2 is 1.65 bits per heavy atom. The number of aromatic nitrogens is 2. The van der Waals surface area contributed by atoms with Gasteiger partial charge in [0, 0.05) is 51.4 Å². The molecule has 10 heteroatoms. The number of carbonyl (C=O) groups is 2. The number of alkyl halides is 3. The molecule has 2 rings (SSSR count). The Kier molecular flexibility index (Phi) is 5.02. The number of nitrogens with two attached hydrogens (primary N) is 1. The Labute approximate surface area is 130 Å². The number of amides is 2. The van der Waals surface area contributed by atoms with Gasteiger partial charge in [0.1, 0.15) is 0 Å². The normalized spacial score (nSPS) is 15.6. The average Bonchev–Trinajstić information content (AvgIpc) is 2.52. The van der Waals surface area contributed by atoms with E-state index in [-0.39, 0.29) is 24.7 Å². The number of rotatable bonds is 4. The molecule has 7 nitrogen and oxygen atoms in total. The highest BCUT2D eigenvalue weighted by Gasteiger charge is 2.32. The molecular formula is C13H16F3N5O2. The lowest BCUT2D eigenvalue weighted by molar-refractivity contribution is -0.138. The number of anilines is 1. The number of nitrogens with zero attached hydrogens (tertiary/aromatic N) is 4. The molecule has 2 N–H and O–H groups in total. The lowest BCUT2D eigenvalue weighted by Crippen LogP contribution is -2.49. The monoisotopic (exact) mass is 331 g/mol. The standard InChI is InChI=1S/C13H16F3N5O2/c14-13(15,16)9-7-18-12(19-8-9)21-5-3-20(4-6-21)11(23)2-1-10(17)22/h7-8H,1-6H2,(H2,17,22). The summed E-state index contributed by atoms with van der Waals surface area (Å²) in [7, 11) is 0. The van der Waals surface area contributed by atoms with Crippen molar-refractivity contribution >= 4 is 17.8 Å². The SMILES string of the molecule is NC(=O)CCC(=O)N1CCN(c2ncc(C(F)(F)F)cn2)CC1. The quantitative estimate of drug-likeness (QED) is 0.863. The molecule has 1 aromatic rings. The van der Waals surface area contributed by atoms with E-state index in [2.05, 4.69) is 9.97 Å². The molecule has 1 aliphatic rings. The predicted octanol–water partition coefficient (Wildman–Crippen LogP) is 0.409. The Hall–Kier alpha value is -2.39. The van der Waals surface area contributed by atoms with E-state index >= 15 is 0 Å². The molecule has 0 bridgehead atoms. The van der Waals surface area contributed by atoms with E-state index in [9.17, 15) is 22.8 Å². The molecule has 23 heavy (non-hydrogen) atoms. The van der Waals surface area contributed by atoms with Gasteiger partial charge in [-0.15, -0.1) is 0 Å². The molecule has 0 spiro atoms. The molecular weight excluding hydrogens is 315 g/mol. The smallest absolute Gasteiger partial charge is 0.370 e. The summed E-state index contributed by atoms with van der Waals surface area (Å²) >= 11 is 0. The Morgan fingerprint density at radius 1 is 1.09 bits per heavy atom. The zero-order chi connectivity index (χ0) is 17.0. The molecule has 1 saturated heterocycles. The highest BCUT2D eigenvalue weighted by atomic mass is 19.4. The third-order valence-electron chi connectivity index (χ3n) is 3.47. The Morgan fingerprint density at radius 3 is 2.13 bits per heavy atom. The first-order valence-corrected chi connectivity index (χ1v) is 6.97. The fourth-order valence-corrected chi connectivity index (χ4v) is 2.18. The summed E-state index contributed by atoms with van der Waals surface area (Å²) in [6.07, 6.45) is -2.92. The van der Waals surface area contributed by atoms with Crippen LogP contribution in [0.15, 0.2) is 12.4 Å². The summed E-state index contributed by atoms with van der Waals surface area (Å²) in [6, 6.07) is 0. The van der Waals surface area contributed by atoms with Crippen LogP contribution in [0.5, 0.6) is 0 Å². The van der Waals surface area contributed by atoms with Gasteiger partial charge in [-0.25, -0.2) is 9.97 Å². The van der Waals surface area contributed by atoms with Gasteiger partial charge in [-0.2, -0.15) is 13.2 Å². The van der Waals surface area contributed by atoms with Crippen molar-refractivity contribution in [2.24, 2.45) is 5.73 Å². The number of primary amides is 1. The van der Waals surface area contributed by atoms with Crippen LogP contribution in [-0.4, -0.2) is 52.9 Å². The number of hydrogen-bond donors (Lipinski definition) is 1. The van der Waals surface area contributed by atoms with Crippen molar-refractivity contribution in [2.75, 3.05) is 31.1 Å². The topological polar surface area (TPSA) is 92.4 Å². The minimum Gasteiger partial charge on any atom is -0.370 e. The Balaban J connectivity index is 1.89. The molecule has 0 aliphatic carbocycles. The van der Waals surface area contributed by atoms with Crippen molar-refractivity contribution < 1.29 is 22.8 Å². The molecule has 0 aromatic carbocycles. The van der Waals surface area contributed by atoms with E-state index in [1.54, 1.807) is 9.80 Å². The molecule has 0 radical (unpaired) electrons. The highest BCUT2D eigenvalue weighted by Crippen LogP contribution is 2.28. The zero-order valence-electron chi connectivity index (χ0n) is 12.2. The zero-order valence-corrected chi connectivity index (χ0v) is 12.2. The molecule has 1 aliphatic heterocycles. The van der Waals surface area contributed by atoms with E-state index in [0.717, 1.165) is 12.4 Å². The molecule has 126 valence electrons. The molecule has 0 unspecified atom stereocenters. The van der Waals surface area contributed by atoms with Crippen LogP contribution in [0.3, 0.4) is 0 Å². The number of halogens is 3. The van der Waals surface area contributed by atoms with Gasteiger partial charge in [0.2, 0.25) is 17.8 Å². The maximum Gasteiger partial charge on any atom is 0.419 e. The van der Waals surface area contributed by atoms with Crippen molar-refractivity contribution in [2.45, 2.75) is 19.0 Å². The highest BCUT2D eigenvalue weighted by molar-refractivity contribution is 5.83. The first kappa shape index (κ1) is 17.0. The second-order valence-corrected chi connectivity index (χ2v) is 5.10. The van der Waals surface area contributed by atoms with Crippen LogP contribution in [0.4, 0.5) is 19.1 Å². The first-order chi connectivity index (χ1) is 10.8. The summed E-state index contributed by atoms with van der Waals surface area (Å²) in [5.74, 6) is -0.505. The second kappa shape index (κ2) is 6.80. The van der Waals surface area contributed by atoms with Crippen molar-refractivity contribution in [3.05, 3.63) is 18.0 Å². The maximum absolute atomic E-state index is 12.5. The number of hydrogen-bond acceptors (Lipinski definition) is 5. The van der Waals surface area contributed by atoms with Crippen LogP contribution < -0.4 is 10.6 Å². The van der Waals surface area contributed by atoms with Crippen LogP contribution in [0.1, 0.15) is 18.4 Å². The van der Waals surface area contributed by atoms with E-state index in [4.69, 9.17) is 5.73 Å². The van der Waals surface area contributed by atoms with E-state index in [1.165, 1.54) is 0 Å². The van der Waals surface area contributed by atoms with Crippen molar-refractivity contribution in [1.82, 2.24) is 14.9 Å². The molecule has 2 amide bonds. The number of piperazine rings is 1. The molecule has 1 fully saturated rings. The van der Waals surface area contributed by atoms with Crippen LogP contribution in [-0.2, 0) is 15.8 Å². The van der Waals surface area contributed by atoms with Crippen molar-refractivity contribution in [1.29, 1.82) is 0 Å². The van der Waals surface area contributed by atoms with E-state index in [1.807, 2.05) is 0 Å². The van der Waals surface area contributed by atoms with Gasteiger partial charge < -0.3 is 15.5 Å². The summed E-state index contributed by atoms with van der Waals surface area (Å²) < 4.78 is 37.4. The van der Waals surface area contributed by atoms with Crippen molar-refractivity contribution in [3.8, 4) is 0 Å². The third-order valence-corrected chi connectivity index (χ3v) is 3.47. The number of carbonyl (C=O) groups excluding carboxylic acids is 2. The van der Waals surface area contributed by atoms with Crippen LogP contribution in [0.25, 0.3) is 0 Å². The predicted molar refractivity (Wildman–Crippen MR) is 74.3 cm³/mol. The lowest BCUT2D eigenvalue weighted by Gasteiger charge is -2.34. The lowest BCUT2D eigenvalue weighted by atomic mass is 10.2. The maximum atomic E-state index is 12.5. The van der Waals surface area contributed by atoms with Gasteiger partial charge in [0.25, 0.3) is 0 Å². The summed E-state index contributed by atoms with van der Waals surface area (Å²) in [6.45, 7) is 1.60. The van der Waals surface area contributed by atoms with Gasteiger partial charge in [0.15, 0.2) is 0 Å². The molecule has 2 heterocycles. The fourth-order valence-electron chi connectivity index (χ4n) is 2.18. The third kappa shape index (κ3) is 4.54. The van der Waals surface area contributed by atoms with Gasteiger partial charge in [-0.3, -0.25) is 9.59 Å². The van der Waals surface area contributed by atoms with Gasteiger partial charge in [-0.05, 0) is 0 Å².